The molecule has 1 heterocycles. The summed E-state index contributed by atoms with van der Waals surface area (Å²) in [5.41, 5.74) is -0.559. The van der Waals surface area contributed by atoms with Crippen LogP contribution in [0, 0.1) is 11.3 Å². The van der Waals surface area contributed by atoms with Crippen molar-refractivity contribution >= 4 is 22.6 Å². The second-order valence-corrected chi connectivity index (χ2v) is 6.95. The number of likely N-dealkylation sites (tertiary alicyclic amines) is 1. The molecule has 0 aromatic heterocycles. The van der Waals surface area contributed by atoms with Crippen molar-refractivity contribution in [2.45, 2.75) is 19.3 Å². The number of fused-ring (bicyclic) bond motifs is 2. The van der Waals surface area contributed by atoms with Crippen LogP contribution in [0.4, 0.5) is 0 Å². The van der Waals surface area contributed by atoms with E-state index < -0.39 is 11.4 Å². The number of hydrogen-bond donors (Lipinski definition) is 2. The standard InChI is InChI=1S/C19H19NO4/c21-16-9-13-5-2-1-4-12(13)8-15(16)17(22)20-10-14-6-3-7-19(14,11-20)18(23)24/h1-2,4-5,8-9,14,21H,3,6-7,10-11H2,(H,23,24)/t14-,19+/m0/s1. The molecular formula is C19H19NO4. The molecule has 1 aliphatic heterocycles. The van der Waals surface area contributed by atoms with Gasteiger partial charge >= 0.3 is 5.97 Å². The monoisotopic (exact) mass is 325 g/mol. The van der Waals surface area contributed by atoms with Gasteiger partial charge in [-0.1, -0.05) is 30.7 Å². The number of benzene rings is 2. The number of aliphatic carboxylic acids is 1. The van der Waals surface area contributed by atoms with Crippen molar-refractivity contribution in [3.8, 4) is 5.75 Å². The maximum Gasteiger partial charge on any atom is 0.311 e. The van der Waals surface area contributed by atoms with Gasteiger partial charge in [-0.3, -0.25) is 9.59 Å². The maximum atomic E-state index is 12.9. The third-order valence-corrected chi connectivity index (χ3v) is 5.68. The van der Waals surface area contributed by atoms with Crippen molar-refractivity contribution in [1.29, 1.82) is 0 Å². The van der Waals surface area contributed by atoms with Crippen molar-refractivity contribution in [3.63, 3.8) is 0 Å². The normalized spacial score (nSPS) is 25.8. The molecule has 24 heavy (non-hydrogen) atoms. The molecule has 0 bridgehead atoms. The average molecular weight is 325 g/mol. The number of nitrogens with zero attached hydrogens (tertiary/aromatic N) is 1. The number of rotatable bonds is 2. The Morgan fingerprint density at radius 1 is 1.17 bits per heavy atom. The lowest BCUT2D eigenvalue weighted by atomic mass is 9.81. The van der Waals surface area contributed by atoms with Crippen molar-refractivity contribution in [1.82, 2.24) is 4.90 Å². The van der Waals surface area contributed by atoms with E-state index in [2.05, 4.69) is 0 Å². The number of carboxylic acid groups (broad SMARTS) is 1. The minimum atomic E-state index is -0.803. The number of amides is 1. The predicted octanol–water partition coefficient (Wildman–Crippen LogP) is 2.87. The molecule has 1 amide bonds. The van der Waals surface area contributed by atoms with Crippen molar-refractivity contribution in [2.24, 2.45) is 11.3 Å². The summed E-state index contributed by atoms with van der Waals surface area (Å²) in [6.45, 7) is 0.690. The SMILES string of the molecule is O=C(c1cc2ccccc2cc1O)N1C[C@@H]2CCC[C@@]2(C(=O)O)C1. The van der Waals surface area contributed by atoms with Gasteiger partial charge in [-0.15, -0.1) is 0 Å². The molecule has 2 atom stereocenters. The molecule has 124 valence electrons. The van der Waals surface area contributed by atoms with Crippen molar-refractivity contribution in [3.05, 3.63) is 42.0 Å². The third-order valence-electron chi connectivity index (χ3n) is 5.68. The zero-order valence-electron chi connectivity index (χ0n) is 13.2. The number of hydrogen-bond acceptors (Lipinski definition) is 3. The molecule has 1 saturated carbocycles. The summed E-state index contributed by atoms with van der Waals surface area (Å²) in [5.74, 6) is -1.13. The van der Waals surface area contributed by atoms with Gasteiger partial charge in [0.15, 0.2) is 0 Å². The first kappa shape index (κ1) is 15.0. The van der Waals surface area contributed by atoms with Gasteiger partial charge in [0.25, 0.3) is 5.91 Å². The van der Waals surface area contributed by atoms with Crippen LogP contribution in [0.25, 0.3) is 10.8 Å². The van der Waals surface area contributed by atoms with E-state index in [-0.39, 0.29) is 29.7 Å². The summed E-state index contributed by atoms with van der Waals surface area (Å²) >= 11 is 0. The molecule has 1 aliphatic carbocycles. The highest BCUT2D eigenvalue weighted by atomic mass is 16.4. The molecule has 4 rings (SSSR count). The fourth-order valence-electron chi connectivity index (χ4n) is 4.36. The molecule has 2 aliphatic rings. The number of carbonyl (C=O) groups is 2. The second kappa shape index (κ2) is 5.23. The predicted molar refractivity (Wildman–Crippen MR) is 88.9 cm³/mol. The van der Waals surface area contributed by atoms with Gasteiger partial charge in [0.1, 0.15) is 5.75 Å². The van der Waals surface area contributed by atoms with E-state index in [4.69, 9.17) is 0 Å². The molecule has 0 unspecified atom stereocenters. The van der Waals surface area contributed by atoms with Gasteiger partial charge in [0.2, 0.25) is 0 Å². The van der Waals surface area contributed by atoms with E-state index in [0.717, 1.165) is 23.6 Å². The maximum absolute atomic E-state index is 12.9. The average Bonchev–Trinajstić information content (AvgIpc) is 3.11. The van der Waals surface area contributed by atoms with Crippen LogP contribution in [0.1, 0.15) is 29.6 Å². The van der Waals surface area contributed by atoms with Crippen LogP contribution >= 0.6 is 0 Å². The number of carboxylic acids is 1. The lowest BCUT2D eigenvalue weighted by molar-refractivity contribution is -0.149. The number of phenolic OH excluding ortho intramolecular Hbond substituents is 1. The van der Waals surface area contributed by atoms with Crippen LogP contribution in [-0.2, 0) is 4.79 Å². The van der Waals surface area contributed by atoms with Crippen molar-refractivity contribution < 1.29 is 19.8 Å². The van der Waals surface area contributed by atoms with E-state index >= 15 is 0 Å². The van der Waals surface area contributed by atoms with Gasteiger partial charge < -0.3 is 15.1 Å². The van der Waals surface area contributed by atoms with Crippen LogP contribution < -0.4 is 0 Å². The largest absolute Gasteiger partial charge is 0.507 e. The summed E-state index contributed by atoms with van der Waals surface area (Å²) in [6, 6.07) is 10.8. The van der Waals surface area contributed by atoms with Crippen molar-refractivity contribution in [2.75, 3.05) is 13.1 Å². The Balaban J connectivity index is 1.68. The molecule has 2 fully saturated rings. The lowest BCUT2D eigenvalue weighted by Gasteiger charge is -2.23. The van der Waals surface area contributed by atoms with Crippen LogP contribution in [0.2, 0.25) is 0 Å². The minimum Gasteiger partial charge on any atom is -0.507 e. The summed E-state index contributed by atoms with van der Waals surface area (Å²) < 4.78 is 0. The molecule has 0 radical (unpaired) electrons. The van der Waals surface area contributed by atoms with E-state index in [0.29, 0.717) is 13.0 Å². The fraction of sp³-hybridized carbons (Fsp3) is 0.368. The van der Waals surface area contributed by atoms with Crippen LogP contribution in [-0.4, -0.2) is 40.1 Å². The molecule has 2 aromatic rings. The minimum absolute atomic E-state index is 0.0153. The van der Waals surface area contributed by atoms with E-state index in [1.54, 1.807) is 17.0 Å². The Labute approximate surface area is 139 Å². The van der Waals surface area contributed by atoms with Gasteiger partial charge in [-0.2, -0.15) is 0 Å². The Morgan fingerprint density at radius 2 is 1.88 bits per heavy atom. The Bertz CT molecular complexity index is 846. The second-order valence-electron chi connectivity index (χ2n) is 6.95. The molecule has 1 saturated heterocycles. The molecule has 2 N–H and O–H groups in total. The first-order valence-corrected chi connectivity index (χ1v) is 8.26. The van der Waals surface area contributed by atoms with E-state index in [1.165, 1.54) is 0 Å². The fourth-order valence-corrected chi connectivity index (χ4v) is 4.36. The first-order chi connectivity index (χ1) is 11.5. The van der Waals surface area contributed by atoms with Crippen LogP contribution in [0.5, 0.6) is 5.75 Å². The Kier molecular flexibility index (Phi) is 3.27. The molecule has 0 spiro atoms. The van der Waals surface area contributed by atoms with E-state index in [1.807, 2.05) is 24.3 Å². The quantitative estimate of drug-likeness (QED) is 0.890. The van der Waals surface area contributed by atoms with Gasteiger partial charge in [-0.25, -0.2) is 0 Å². The van der Waals surface area contributed by atoms with Gasteiger partial charge in [0.05, 0.1) is 11.0 Å². The Morgan fingerprint density at radius 3 is 2.54 bits per heavy atom. The number of phenols is 1. The summed E-state index contributed by atoms with van der Waals surface area (Å²) in [4.78, 5) is 26.2. The topological polar surface area (TPSA) is 77.8 Å². The molecule has 5 heteroatoms. The van der Waals surface area contributed by atoms with Crippen LogP contribution in [0.3, 0.4) is 0 Å². The zero-order valence-corrected chi connectivity index (χ0v) is 13.2. The van der Waals surface area contributed by atoms with Gasteiger partial charge in [0, 0.05) is 13.1 Å². The van der Waals surface area contributed by atoms with E-state index in [9.17, 15) is 19.8 Å². The third kappa shape index (κ3) is 2.08. The highest BCUT2D eigenvalue weighted by Crippen LogP contribution is 2.49. The number of aromatic hydroxyl groups is 1. The Hall–Kier alpha value is -2.56. The smallest absolute Gasteiger partial charge is 0.311 e. The lowest BCUT2D eigenvalue weighted by Crippen LogP contribution is -2.37. The molecular weight excluding hydrogens is 306 g/mol. The molecule has 2 aromatic carbocycles. The highest BCUT2D eigenvalue weighted by Gasteiger charge is 2.55. The summed E-state index contributed by atoms with van der Waals surface area (Å²) in [7, 11) is 0. The van der Waals surface area contributed by atoms with Crippen LogP contribution in [0.15, 0.2) is 36.4 Å². The first-order valence-electron chi connectivity index (χ1n) is 8.26. The highest BCUT2D eigenvalue weighted by molar-refractivity contribution is 6.02. The van der Waals surface area contributed by atoms with Gasteiger partial charge in [-0.05, 0) is 41.7 Å². The molecule has 5 nitrogen and oxygen atoms in total. The summed E-state index contributed by atoms with van der Waals surface area (Å²) in [6.07, 6.45) is 2.38. The zero-order chi connectivity index (χ0) is 16.9. The summed E-state index contributed by atoms with van der Waals surface area (Å²) in [5, 5.41) is 21.7. The number of carbonyl (C=O) groups excluding carboxylic acids is 1.